The molecule has 0 spiro atoms. The van der Waals surface area contributed by atoms with Crippen LogP contribution in [0.1, 0.15) is 6.23 Å². The third-order valence-electron chi connectivity index (χ3n) is 7.07. The molecule has 7 rings (SSSR count). The second kappa shape index (κ2) is 10.7. The third kappa shape index (κ3) is 5.15. The first-order valence-electron chi connectivity index (χ1n) is 12.9. The van der Waals surface area contributed by atoms with Crippen LogP contribution >= 0.6 is 15.6 Å². The predicted octanol–water partition coefficient (Wildman–Crippen LogP) is -2.22. The van der Waals surface area contributed by atoms with Crippen molar-refractivity contribution >= 4 is 55.8 Å². The van der Waals surface area contributed by atoms with E-state index in [1.165, 1.54) is 0 Å². The predicted molar refractivity (Wildman–Crippen MR) is 147 cm³/mol. The second-order valence-corrected chi connectivity index (χ2v) is 12.9. The van der Waals surface area contributed by atoms with Gasteiger partial charge in [-0.3, -0.25) is 42.2 Å². The van der Waals surface area contributed by atoms with E-state index in [-0.39, 0.29) is 34.2 Å². The van der Waals surface area contributed by atoms with Gasteiger partial charge in [-0.2, -0.15) is 9.97 Å². The van der Waals surface area contributed by atoms with E-state index in [1.54, 1.807) is 0 Å². The van der Waals surface area contributed by atoms with Gasteiger partial charge in [-0.05, 0) is 0 Å². The van der Waals surface area contributed by atoms with Gasteiger partial charge in [0.25, 0.3) is 11.1 Å². The highest BCUT2D eigenvalue weighted by molar-refractivity contribution is 7.47. The van der Waals surface area contributed by atoms with Crippen molar-refractivity contribution < 1.29 is 56.7 Å². The molecule has 3 aliphatic rings. The topological polar surface area (TPSA) is 350 Å². The molecule has 0 amide bonds. The normalized spacial score (nSPS) is 33.8. The number of hydrogen-bond acceptors (Lipinski definition) is 18. The first-order chi connectivity index (χ1) is 21.7. The average Bonchev–Trinajstić information content (AvgIpc) is 3.72. The number of aliphatic hydroxyl groups is 2. The number of nitrogens with one attached hydrogen (secondary N) is 2. The van der Waals surface area contributed by atoms with Gasteiger partial charge in [0.1, 0.15) is 24.6 Å². The molecule has 0 saturated carbocycles. The molecule has 7 heterocycles. The van der Waals surface area contributed by atoms with Crippen molar-refractivity contribution in [2.24, 2.45) is 0 Å². The number of ether oxygens (including phenoxy) is 2. The molecule has 0 aromatic carbocycles. The molecule has 10 N–H and O–H groups in total. The van der Waals surface area contributed by atoms with Crippen molar-refractivity contribution in [2.45, 2.75) is 36.7 Å². The Bertz CT molecular complexity index is 2130. The lowest BCUT2D eigenvalue weighted by Crippen LogP contribution is -2.37. The SMILES string of the molecule is Nc1nc2c(ncn2C2=C(O)[C@@H]3OP(=O)(O)OC[C@H]4OC(n5cnc6c(=O)[nH]c(N)nc65)[C@H](O)[C@@H]4OP(=O)(O)OC[C@H]3O2)c(=O)[nH]1. The highest BCUT2D eigenvalue weighted by Crippen LogP contribution is 2.53. The Kier molecular flexibility index (Phi) is 7.06. The maximum absolute atomic E-state index is 13.1. The van der Waals surface area contributed by atoms with Gasteiger partial charge in [0.05, 0.1) is 19.5 Å². The molecule has 46 heavy (non-hydrogen) atoms. The van der Waals surface area contributed by atoms with Gasteiger partial charge in [0.2, 0.25) is 17.8 Å². The van der Waals surface area contributed by atoms with Crippen molar-refractivity contribution in [1.29, 1.82) is 0 Å². The highest BCUT2D eigenvalue weighted by Gasteiger charge is 2.52. The Balaban J connectivity index is 1.20. The van der Waals surface area contributed by atoms with E-state index in [0.29, 0.717) is 0 Å². The maximum Gasteiger partial charge on any atom is 0.473 e. The molecule has 4 aromatic rings. The summed E-state index contributed by atoms with van der Waals surface area (Å²) < 4.78 is 60.1. The quantitative estimate of drug-likeness (QED) is 0.103. The fourth-order valence-corrected chi connectivity index (χ4v) is 6.98. The molecule has 3 aliphatic heterocycles. The van der Waals surface area contributed by atoms with E-state index < -0.39 is 88.4 Å². The van der Waals surface area contributed by atoms with Crippen LogP contribution in [0, 0.1) is 0 Å². The van der Waals surface area contributed by atoms with Crippen LogP contribution in [0.15, 0.2) is 28.0 Å². The number of anilines is 2. The number of rotatable bonds is 2. The number of nitrogen functional groups attached to an aromatic ring is 2. The van der Waals surface area contributed by atoms with E-state index in [4.69, 9.17) is 39.0 Å². The number of nitrogens with two attached hydrogens (primary N) is 2. The fourth-order valence-electron chi connectivity index (χ4n) is 5.09. The zero-order valence-electron chi connectivity index (χ0n) is 22.6. The molecule has 2 fully saturated rings. The van der Waals surface area contributed by atoms with Crippen LogP contribution in [-0.4, -0.2) is 103 Å². The number of fused-ring (bicyclic) bond motifs is 4. The third-order valence-corrected chi connectivity index (χ3v) is 9.03. The fraction of sp³-hybridized carbons (Fsp3) is 0.400. The van der Waals surface area contributed by atoms with Crippen molar-refractivity contribution in [3.8, 4) is 0 Å². The van der Waals surface area contributed by atoms with E-state index in [9.17, 15) is 38.7 Å². The van der Waals surface area contributed by atoms with Crippen LogP contribution in [0.25, 0.3) is 28.2 Å². The molecule has 8 atom stereocenters. The number of nitrogens with zero attached hydrogens (tertiary/aromatic N) is 6. The van der Waals surface area contributed by atoms with Gasteiger partial charge in [-0.1, -0.05) is 0 Å². The monoisotopic (exact) mass is 688 g/mol. The number of phosphoric ester groups is 2. The van der Waals surface area contributed by atoms with E-state index in [1.807, 2.05) is 0 Å². The van der Waals surface area contributed by atoms with Gasteiger partial charge in [0.15, 0.2) is 46.5 Å². The Hall–Kier alpha value is -4.22. The van der Waals surface area contributed by atoms with Crippen molar-refractivity contribution in [2.75, 3.05) is 24.7 Å². The summed E-state index contributed by atoms with van der Waals surface area (Å²) in [5, 5.41) is 22.1. The molecule has 0 radical (unpaired) electrons. The Labute approximate surface area is 252 Å². The number of aliphatic hydroxyl groups excluding tert-OH is 2. The lowest BCUT2D eigenvalue weighted by molar-refractivity contribution is -0.0585. The molecule has 246 valence electrons. The minimum absolute atomic E-state index is 0.126. The van der Waals surface area contributed by atoms with Gasteiger partial charge >= 0.3 is 15.6 Å². The number of aromatic amines is 2. The number of H-pyrrole nitrogens is 2. The summed E-state index contributed by atoms with van der Waals surface area (Å²) in [6, 6.07) is 0. The number of imidazole rings is 2. The number of aromatic nitrogens is 8. The van der Waals surface area contributed by atoms with Gasteiger partial charge in [-0.15, -0.1) is 0 Å². The first kappa shape index (κ1) is 30.4. The molecule has 3 unspecified atom stereocenters. The second-order valence-electron chi connectivity index (χ2n) is 10.0. The molecular formula is C20H22N10O14P2. The van der Waals surface area contributed by atoms with Gasteiger partial charge in [0, 0.05) is 0 Å². The zero-order chi connectivity index (χ0) is 32.7. The smallest absolute Gasteiger partial charge is 0.473 e. The van der Waals surface area contributed by atoms with Gasteiger partial charge in [-0.25, -0.2) is 23.7 Å². The summed E-state index contributed by atoms with van der Waals surface area (Å²) in [6.45, 7) is -1.80. The molecule has 24 nitrogen and oxygen atoms in total. The lowest BCUT2D eigenvalue weighted by atomic mass is 10.1. The lowest BCUT2D eigenvalue weighted by Gasteiger charge is -2.27. The largest absolute Gasteiger partial charge is 0.505 e. The van der Waals surface area contributed by atoms with E-state index >= 15 is 0 Å². The van der Waals surface area contributed by atoms with Crippen LogP contribution in [0.2, 0.25) is 0 Å². The standard InChI is InChI=1S/C20H22N10O14P2/c21-19-25-13-7(15(33)27-19)23-3-29(13)17-9(31)11-5(41-17)1-39-45(35,36)44-12-6(2-40-46(37,38)43-11)42-18(10(12)32)30-4-24-8-14(30)26-20(22)28-16(8)34/h3-6,9,11-12,17,31-32H,1-2H2,(H,35,36)(H,37,38)(H3,21,25,27,33)(H3,22,26,28,34)/t5-,6-,9-,11-,12-,17?/m1/s1. The van der Waals surface area contributed by atoms with Crippen LogP contribution < -0.4 is 22.6 Å². The molecular weight excluding hydrogens is 666 g/mol. The summed E-state index contributed by atoms with van der Waals surface area (Å²) in [5.41, 5.74) is 9.13. The Morgan fingerprint density at radius 2 is 1.48 bits per heavy atom. The van der Waals surface area contributed by atoms with Crippen molar-refractivity contribution in [3.63, 3.8) is 0 Å². The van der Waals surface area contributed by atoms with Crippen LogP contribution in [0.3, 0.4) is 0 Å². The summed E-state index contributed by atoms with van der Waals surface area (Å²) in [7, 11) is -10.3. The van der Waals surface area contributed by atoms with Gasteiger partial charge < -0.3 is 40.9 Å². The first-order valence-corrected chi connectivity index (χ1v) is 15.9. The average molecular weight is 688 g/mol. The van der Waals surface area contributed by atoms with Crippen LogP contribution in [-0.2, 0) is 36.7 Å². The molecule has 4 aromatic heterocycles. The van der Waals surface area contributed by atoms with Crippen LogP contribution in [0.4, 0.5) is 11.9 Å². The minimum Gasteiger partial charge on any atom is -0.505 e. The summed E-state index contributed by atoms with van der Waals surface area (Å²) in [6.07, 6.45) is -7.91. The molecule has 26 heteroatoms. The minimum atomic E-state index is -5.13. The Morgan fingerprint density at radius 1 is 0.891 bits per heavy atom. The molecule has 2 saturated heterocycles. The van der Waals surface area contributed by atoms with E-state index in [0.717, 1.165) is 21.8 Å². The number of phosphoric acid groups is 2. The molecule has 0 bridgehead atoms. The summed E-state index contributed by atoms with van der Waals surface area (Å²) in [5.74, 6) is -1.92. The maximum atomic E-state index is 13.1. The van der Waals surface area contributed by atoms with Crippen molar-refractivity contribution in [1.82, 2.24) is 39.0 Å². The summed E-state index contributed by atoms with van der Waals surface area (Å²) >= 11 is 0. The van der Waals surface area contributed by atoms with Crippen LogP contribution in [0.5, 0.6) is 0 Å². The van der Waals surface area contributed by atoms with Crippen molar-refractivity contribution in [3.05, 3.63) is 39.1 Å². The highest BCUT2D eigenvalue weighted by atomic mass is 31.2. The molecule has 0 aliphatic carbocycles. The number of hydrogen-bond donors (Lipinski definition) is 8. The Morgan fingerprint density at radius 3 is 2.17 bits per heavy atom. The summed E-state index contributed by atoms with van der Waals surface area (Å²) in [4.78, 5) is 65.8. The zero-order valence-corrected chi connectivity index (χ0v) is 24.4. The van der Waals surface area contributed by atoms with E-state index in [2.05, 4.69) is 29.9 Å².